The summed E-state index contributed by atoms with van der Waals surface area (Å²) in [7, 11) is 0. The smallest absolute Gasteiger partial charge is 0.160 e. The standard InChI is InChI=1S/C14H18BrNO2/c1-9-7-16(8-10(2)18-9)12-4-5-13(11(3)17)14(15)6-12/h4-6,9-10H,7-8H2,1-3H3/t9-,10+. The molecule has 98 valence electrons. The van der Waals surface area contributed by atoms with Crippen LogP contribution in [0.15, 0.2) is 22.7 Å². The van der Waals surface area contributed by atoms with E-state index in [-0.39, 0.29) is 18.0 Å². The van der Waals surface area contributed by atoms with E-state index in [1.165, 1.54) is 0 Å². The molecule has 1 heterocycles. The maximum Gasteiger partial charge on any atom is 0.160 e. The zero-order chi connectivity index (χ0) is 13.3. The first-order valence-electron chi connectivity index (χ1n) is 6.18. The second kappa shape index (κ2) is 5.41. The van der Waals surface area contributed by atoms with E-state index in [0.717, 1.165) is 28.8 Å². The molecule has 1 aromatic rings. The van der Waals surface area contributed by atoms with Gasteiger partial charge in [-0.2, -0.15) is 0 Å². The van der Waals surface area contributed by atoms with Gasteiger partial charge in [0.25, 0.3) is 0 Å². The van der Waals surface area contributed by atoms with Gasteiger partial charge < -0.3 is 9.64 Å². The summed E-state index contributed by atoms with van der Waals surface area (Å²) in [5.74, 6) is 0.0807. The number of morpholine rings is 1. The Balaban J connectivity index is 2.23. The molecule has 4 heteroatoms. The summed E-state index contributed by atoms with van der Waals surface area (Å²) in [5, 5.41) is 0. The zero-order valence-electron chi connectivity index (χ0n) is 10.9. The minimum atomic E-state index is 0.0807. The number of ether oxygens (including phenoxy) is 1. The van der Waals surface area contributed by atoms with Gasteiger partial charge in [-0.1, -0.05) is 0 Å². The number of benzene rings is 1. The van der Waals surface area contributed by atoms with Gasteiger partial charge in [-0.25, -0.2) is 0 Å². The molecule has 0 N–H and O–H groups in total. The Kier molecular flexibility index (Phi) is 4.07. The minimum Gasteiger partial charge on any atom is -0.372 e. The maximum absolute atomic E-state index is 11.4. The molecule has 0 amide bonds. The molecule has 18 heavy (non-hydrogen) atoms. The van der Waals surface area contributed by atoms with Crippen LogP contribution in [0.25, 0.3) is 0 Å². The molecule has 1 aliphatic heterocycles. The molecule has 0 aromatic heterocycles. The Morgan fingerprint density at radius 1 is 1.33 bits per heavy atom. The number of carbonyl (C=O) groups is 1. The molecular weight excluding hydrogens is 294 g/mol. The van der Waals surface area contributed by atoms with Gasteiger partial charge in [0.05, 0.1) is 12.2 Å². The summed E-state index contributed by atoms with van der Waals surface area (Å²) in [6.07, 6.45) is 0.472. The summed E-state index contributed by atoms with van der Waals surface area (Å²) in [4.78, 5) is 13.7. The van der Waals surface area contributed by atoms with Gasteiger partial charge in [-0.3, -0.25) is 4.79 Å². The number of rotatable bonds is 2. The summed E-state index contributed by atoms with van der Waals surface area (Å²) in [5.41, 5.74) is 1.86. The van der Waals surface area contributed by atoms with Crippen LogP contribution in [0.2, 0.25) is 0 Å². The number of Topliss-reactive ketones (excluding diaryl/α,β-unsaturated/α-hetero) is 1. The molecule has 1 fully saturated rings. The Labute approximate surface area is 116 Å². The summed E-state index contributed by atoms with van der Waals surface area (Å²) in [6.45, 7) is 7.52. The number of carbonyl (C=O) groups excluding carboxylic acids is 1. The van der Waals surface area contributed by atoms with Crippen molar-refractivity contribution in [1.29, 1.82) is 0 Å². The second-order valence-corrected chi connectivity index (χ2v) is 5.74. The topological polar surface area (TPSA) is 29.5 Å². The average Bonchev–Trinajstić information content (AvgIpc) is 2.26. The van der Waals surface area contributed by atoms with Gasteiger partial charge in [-0.05, 0) is 54.9 Å². The lowest BCUT2D eigenvalue weighted by atomic mass is 10.1. The fourth-order valence-corrected chi connectivity index (χ4v) is 3.02. The molecule has 0 bridgehead atoms. The predicted octanol–water partition coefficient (Wildman–Crippen LogP) is 3.27. The second-order valence-electron chi connectivity index (χ2n) is 4.88. The highest BCUT2D eigenvalue weighted by molar-refractivity contribution is 9.10. The Bertz CT molecular complexity index is 451. The first kappa shape index (κ1) is 13.6. The fourth-order valence-electron chi connectivity index (χ4n) is 2.37. The minimum absolute atomic E-state index is 0.0807. The van der Waals surface area contributed by atoms with Gasteiger partial charge in [-0.15, -0.1) is 0 Å². The van der Waals surface area contributed by atoms with Crippen molar-refractivity contribution in [2.75, 3.05) is 18.0 Å². The van der Waals surface area contributed by atoms with Gasteiger partial charge in [0, 0.05) is 28.8 Å². The van der Waals surface area contributed by atoms with Crippen molar-refractivity contribution in [3.8, 4) is 0 Å². The molecule has 0 spiro atoms. The molecule has 1 saturated heterocycles. The van der Waals surface area contributed by atoms with E-state index in [2.05, 4.69) is 34.7 Å². The van der Waals surface area contributed by atoms with Crippen LogP contribution in [0.3, 0.4) is 0 Å². The quantitative estimate of drug-likeness (QED) is 0.785. The fraction of sp³-hybridized carbons (Fsp3) is 0.500. The van der Waals surface area contributed by atoms with Crippen LogP contribution in [0.1, 0.15) is 31.1 Å². The van der Waals surface area contributed by atoms with E-state index < -0.39 is 0 Å². The number of hydrogen-bond donors (Lipinski definition) is 0. The summed E-state index contributed by atoms with van der Waals surface area (Å²) in [6, 6.07) is 5.90. The van der Waals surface area contributed by atoms with E-state index in [0.29, 0.717) is 0 Å². The number of nitrogens with zero attached hydrogens (tertiary/aromatic N) is 1. The monoisotopic (exact) mass is 311 g/mol. The van der Waals surface area contributed by atoms with Crippen LogP contribution in [-0.4, -0.2) is 31.1 Å². The van der Waals surface area contributed by atoms with E-state index in [1.807, 2.05) is 18.2 Å². The van der Waals surface area contributed by atoms with Crippen LogP contribution < -0.4 is 4.90 Å². The molecule has 2 rings (SSSR count). The number of ketones is 1. The average molecular weight is 312 g/mol. The van der Waals surface area contributed by atoms with Crippen LogP contribution >= 0.6 is 15.9 Å². The highest BCUT2D eigenvalue weighted by Crippen LogP contribution is 2.26. The highest BCUT2D eigenvalue weighted by Gasteiger charge is 2.22. The largest absolute Gasteiger partial charge is 0.372 e. The van der Waals surface area contributed by atoms with Crippen LogP contribution in [-0.2, 0) is 4.74 Å². The molecule has 3 nitrogen and oxygen atoms in total. The SMILES string of the molecule is CC(=O)c1ccc(N2C[C@@H](C)O[C@@H](C)C2)cc1Br. The third-order valence-electron chi connectivity index (χ3n) is 3.12. The lowest BCUT2D eigenvalue weighted by Crippen LogP contribution is -2.45. The van der Waals surface area contributed by atoms with Gasteiger partial charge in [0.15, 0.2) is 5.78 Å². The van der Waals surface area contributed by atoms with Crippen molar-refractivity contribution in [3.63, 3.8) is 0 Å². The number of anilines is 1. The molecule has 2 atom stereocenters. The van der Waals surface area contributed by atoms with E-state index >= 15 is 0 Å². The normalized spacial score (nSPS) is 24.1. The van der Waals surface area contributed by atoms with Crippen molar-refractivity contribution in [2.45, 2.75) is 33.0 Å². The maximum atomic E-state index is 11.4. The predicted molar refractivity (Wildman–Crippen MR) is 76.4 cm³/mol. The van der Waals surface area contributed by atoms with Crippen LogP contribution in [0.5, 0.6) is 0 Å². The van der Waals surface area contributed by atoms with E-state index in [9.17, 15) is 4.79 Å². The summed E-state index contributed by atoms with van der Waals surface area (Å²) < 4.78 is 6.58. The molecule has 0 unspecified atom stereocenters. The van der Waals surface area contributed by atoms with Crippen molar-refractivity contribution < 1.29 is 9.53 Å². The Hall–Kier alpha value is -0.870. The van der Waals surface area contributed by atoms with Gasteiger partial charge >= 0.3 is 0 Å². The highest BCUT2D eigenvalue weighted by atomic mass is 79.9. The third-order valence-corrected chi connectivity index (χ3v) is 3.77. The van der Waals surface area contributed by atoms with Crippen molar-refractivity contribution in [1.82, 2.24) is 0 Å². The Morgan fingerprint density at radius 3 is 2.44 bits per heavy atom. The van der Waals surface area contributed by atoms with Crippen LogP contribution in [0, 0.1) is 0 Å². The zero-order valence-corrected chi connectivity index (χ0v) is 12.5. The lowest BCUT2D eigenvalue weighted by molar-refractivity contribution is -0.00522. The Morgan fingerprint density at radius 2 is 1.94 bits per heavy atom. The van der Waals surface area contributed by atoms with Gasteiger partial charge in [0.2, 0.25) is 0 Å². The number of halogens is 1. The molecular formula is C14H18BrNO2. The summed E-state index contributed by atoms with van der Waals surface area (Å²) >= 11 is 3.47. The third kappa shape index (κ3) is 2.93. The molecule has 0 radical (unpaired) electrons. The molecule has 0 saturated carbocycles. The van der Waals surface area contributed by atoms with Crippen molar-refractivity contribution in [3.05, 3.63) is 28.2 Å². The molecule has 1 aliphatic rings. The van der Waals surface area contributed by atoms with E-state index in [4.69, 9.17) is 4.74 Å². The molecule has 1 aromatic carbocycles. The van der Waals surface area contributed by atoms with Crippen LogP contribution in [0.4, 0.5) is 5.69 Å². The van der Waals surface area contributed by atoms with Gasteiger partial charge in [0.1, 0.15) is 0 Å². The molecule has 0 aliphatic carbocycles. The first-order chi connectivity index (χ1) is 8.47. The van der Waals surface area contributed by atoms with Crippen molar-refractivity contribution in [2.24, 2.45) is 0 Å². The lowest BCUT2D eigenvalue weighted by Gasteiger charge is -2.37. The number of hydrogen-bond acceptors (Lipinski definition) is 3. The first-order valence-corrected chi connectivity index (χ1v) is 6.97. The van der Waals surface area contributed by atoms with Crippen molar-refractivity contribution >= 4 is 27.4 Å². The van der Waals surface area contributed by atoms with E-state index in [1.54, 1.807) is 6.92 Å².